The van der Waals surface area contributed by atoms with Gasteiger partial charge in [0.15, 0.2) is 0 Å². The molecule has 4 heteroatoms. The van der Waals surface area contributed by atoms with Gasteiger partial charge in [0.1, 0.15) is 0 Å². The molecule has 12 heavy (non-hydrogen) atoms. The summed E-state index contributed by atoms with van der Waals surface area (Å²) < 4.78 is 11.2. The van der Waals surface area contributed by atoms with Gasteiger partial charge in [-0.1, -0.05) is 26.2 Å². The second kappa shape index (κ2) is 3.49. The molecule has 0 aromatic carbocycles. The molecule has 0 aromatic heterocycles. The van der Waals surface area contributed by atoms with Gasteiger partial charge in [-0.15, -0.1) is 0 Å². The van der Waals surface area contributed by atoms with Gasteiger partial charge in [0.2, 0.25) is 0 Å². The third-order valence-corrected chi connectivity index (χ3v) is 4.77. The van der Waals surface area contributed by atoms with Crippen molar-refractivity contribution in [3.8, 4) is 0 Å². The highest BCUT2D eigenvalue weighted by Gasteiger charge is 2.47. The Balaban J connectivity index is 2.79. The van der Waals surface area contributed by atoms with Crippen molar-refractivity contribution < 1.29 is 14.4 Å². The summed E-state index contributed by atoms with van der Waals surface area (Å²) >= 11 is 0. The van der Waals surface area contributed by atoms with Crippen LogP contribution < -0.4 is 0 Å². The van der Waals surface area contributed by atoms with Crippen molar-refractivity contribution in [3.63, 3.8) is 0 Å². The van der Waals surface area contributed by atoms with Crippen LogP contribution in [-0.4, -0.2) is 14.9 Å². The Bertz CT molecular complexity index is 190. The standard InChI is InChI=1S/C8H17O3P/c1-2-5-8(12(9,10)11)6-3-4-7-8/h2-7H2,1H3,(H2,9,10,11). The summed E-state index contributed by atoms with van der Waals surface area (Å²) in [6, 6.07) is 0. The highest BCUT2D eigenvalue weighted by Crippen LogP contribution is 2.60. The van der Waals surface area contributed by atoms with Crippen LogP contribution in [0.3, 0.4) is 0 Å². The van der Waals surface area contributed by atoms with Gasteiger partial charge in [0.05, 0.1) is 5.16 Å². The van der Waals surface area contributed by atoms with E-state index in [0.717, 1.165) is 19.3 Å². The van der Waals surface area contributed by atoms with Crippen molar-refractivity contribution >= 4 is 7.60 Å². The zero-order valence-electron chi connectivity index (χ0n) is 7.49. The molecule has 0 bridgehead atoms. The van der Waals surface area contributed by atoms with Gasteiger partial charge in [-0.2, -0.15) is 0 Å². The van der Waals surface area contributed by atoms with Crippen LogP contribution in [0.15, 0.2) is 0 Å². The molecule has 0 heterocycles. The van der Waals surface area contributed by atoms with Crippen molar-refractivity contribution in [2.24, 2.45) is 0 Å². The third-order valence-electron chi connectivity index (χ3n) is 2.87. The van der Waals surface area contributed by atoms with Gasteiger partial charge in [-0.05, 0) is 19.3 Å². The Morgan fingerprint density at radius 3 is 2.17 bits per heavy atom. The van der Waals surface area contributed by atoms with Gasteiger partial charge in [-0.25, -0.2) is 0 Å². The molecule has 0 atom stereocenters. The van der Waals surface area contributed by atoms with Crippen molar-refractivity contribution in [3.05, 3.63) is 0 Å². The normalized spacial score (nSPS) is 22.9. The molecule has 3 nitrogen and oxygen atoms in total. The Morgan fingerprint density at radius 2 is 1.83 bits per heavy atom. The second-order valence-electron chi connectivity index (χ2n) is 3.73. The van der Waals surface area contributed by atoms with Crippen LogP contribution in [0.1, 0.15) is 45.4 Å². The van der Waals surface area contributed by atoms with E-state index in [1.165, 1.54) is 0 Å². The summed E-state index contributed by atoms with van der Waals surface area (Å²) in [5.74, 6) is 0. The molecule has 0 radical (unpaired) electrons. The molecule has 0 amide bonds. The molecular formula is C8H17O3P. The lowest BCUT2D eigenvalue weighted by Crippen LogP contribution is -2.24. The number of hydrogen-bond donors (Lipinski definition) is 2. The van der Waals surface area contributed by atoms with Gasteiger partial charge in [0, 0.05) is 0 Å². The fourth-order valence-electron chi connectivity index (χ4n) is 2.19. The molecule has 0 unspecified atom stereocenters. The predicted molar refractivity (Wildman–Crippen MR) is 48.2 cm³/mol. The smallest absolute Gasteiger partial charge is 0.324 e. The van der Waals surface area contributed by atoms with Crippen molar-refractivity contribution in [2.45, 2.75) is 50.6 Å². The van der Waals surface area contributed by atoms with Crippen LogP contribution in [-0.2, 0) is 4.57 Å². The molecule has 0 aliphatic heterocycles. The molecule has 1 fully saturated rings. The summed E-state index contributed by atoms with van der Waals surface area (Å²) in [5.41, 5.74) is 0. The van der Waals surface area contributed by atoms with E-state index >= 15 is 0 Å². The zero-order valence-corrected chi connectivity index (χ0v) is 8.39. The lowest BCUT2D eigenvalue weighted by Gasteiger charge is -2.29. The quantitative estimate of drug-likeness (QED) is 0.674. The van der Waals surface area contributed by atoms with E-state index in [1.54, 1.807) is 0 Å². The van der Waals surface area contributed by atoms with E-state index in [-0.39, 0.29) is 0 Å². The summed E-state index contributed by atoms with van der Waals surface area (Å²) in [5, 5.41) is -0.651. The number of hydrogen-bond acceptors (Lipinski definition) is 1. The van der Waals surface area contributed by atoms with E-state index in [0.29, 0.717) is 19.3 Å². The predicted octanol–water partition coefficient (Wildman–Crippen LogP) is 2.28. The lowest BCUT2D eigenvalue weighted by atomic mass is 10.0. The summed E-state index contributed by atoms with van der Waals surface area (Å²) in [4.78, 5) is 18.4. The Kier molecular flexibility index (Phi) is 2.97. The second-order valence-corrected chi connectivity index (χ2v) is 5.76. The average Bonchev–Trinajstić information content (AvgIpc) is 2.36. The highest BCUT2D eigenvalue weighted by molar-refractivity contribution is 7.53. The first-order valence-corrected chi connectivity index (χ1v) is 6.19. The zero-order chi connectivity index (χ0) is 9.24. The largest absolute Gasteiger partial charge is 0.331 e. The molecule has 2 N–H and O–H groups in total. The molecule has 0 spiro atoms. The van der Waals surface area contributed by atoms with Crippen LogP contribution in [0.25, 0.3) is 0 Å². The van der Waals surface area contributed by atoms with Gasteiger partial charge in [0.25, 0.3) is 0 Å². The van der Waals surface area contributed by atoms with Crippen LogP contribution in [0.2, 0.25) is 0 Å². The minimum absolute atomic E-state index is 0.651. The Hall–Kier alpha value is 0.150. The minimum atomic E-state index is -3.86. The van der Waals surface area contributed by atoms with E-state index in [2.05, 4.69) is 0 Å². The monoisotopic (exact) mass is 192 g/mol. The van der Waals surface area contributed by atoms with E-state index in [1.807, 2.05) is 6.92 Å². The van der Waals surface area contributed by atoms with Crippen LogP contribution in [0.5, 0.6) is 0 Å². The van der Waals surface area contributed by atoms with Crippen molar-refractivity contribution in [2.75, 3.05) is 0 Å². The highest BCUT2D eigenvalue weighted by atomic mass is 31.2. The third kappa shape index (κ3) is 1.73. The first-order chi connectivity index (χ1) is 5.52. The topological polar surface area (TPSA) is 57.5 Å². The Morgan fingerprint density at radius 1 is 1.33 bits per heavy atom. The maximum Gasteiger partial charge on any atom is 0.331 e. The van der Waals surface area contributed by atoms with Crippen LogP contribution in [0, 0.1) is 0 Å². The van der Waals surface area contributed by atoms with Crippen molar-refractivity contribution in [1.29, 1.82) is 0 Å². The molecule has 1 aliphatic rings. The van der Waals surface area contributed by atoms with Crippen LogP contribution >= 0.6 is 7.60 Å². The summed E-state index contributed by atoms with van der Waals surface area (Å²) in [6.45, 7) is 1.98. The molecule has 1 rings (SSSR count). The van der Waals surface area contributed by atoms with Crippen LogP contribution in [0.4, 0.5) is 0 Å². The molecule has 1 aliphatic carbocycles. The molecule has 0 saturated heterocycles. The SMILES string of the molecule is CCCC1(P(=O)(O)O)CCCC1. The number of rotatable bonds is 3. The fourth-order valence-corrected chi connectivity index (χ4v) is 3.60. The summed E-state index contributed by atoms with van der Waals surface area (Å²) in [6.07, 6.45) is 4.93. The molecule has 72 valence electrons. The first kappa shape index (κ1) is 10.2. The van der Waals surface area contributed by atoms with Gasteiger partial charge in [-0.3, -0.25) is 4.57 Å². The Labute approximate surface area is 73.3 Å². The maximum atomic E-state index is 11.2. The first-order valence-electron chi connectivity index (χ1n) is 4.57. The lowest BCUT2D eigenvalue weighted by molar-refractivity contribution is 0.314. The molecular weight excluding hydrogens is 175 g/mol. The fraction of sp³-hybridized carbons (Fsp3) is 1.00. The molecule has 0 aromatic rings. The summed E-state index contributed by atoms with van der Waals surface area (Å²) in [7, 11) is -3.86. The van der Waals surface area contributed by atoms with E-state index < -0.39 is 12.8 Å². The minimum Gasteiger partial charge on any atom is -0.324 e. The molecule has 1 saturated carbocycles. The van der Waals surface area contributed by atoms with E-state index in [4.69, 9.17) is 0 Å². The van der Waals surface area contributed by atoms with Crippen molar-refractivity contribution in [1.82, 2.24) is 0 Å². The maximum absolute atomic E-state index is 11.2. The van der Waals surface area contributed by atoms with Gasteiger partial charge < -0.3 is 9.79 Å². The van der Waals surface area contributed by atoms with Gasteiger partial charge >= 0.3 is 7.60 Å². The average molecular weight is 192 g/mol. The van der Waals surface area contributed by atoms with E-state index in [9.17, 15) is 14.4 Å².